The van der Waals surface area contributed by atoms with Crippen molar-refractivity contribution in [3.8, 4) is 0 Å². The Morgan fingerprint density at radius 2 is 2.00 bits per heavy atom. The van der Waals surface area contributed by atoms with Gasteiger partial charge in [0.2, 0.25) is 11.8 Å². The summed E-state index contributed by atoms with van der Waals surface area (Å²) < 4.78 is 5.58. The van der Waals surface area contributed by atoms with Crippen LogP contribution in [0.1, 0.15) is 57.3 Å². The van der Waals surface area contributed by atoms with Crippen molar-refractivity contribution in [2.75, 3.05) is 0 Å². The van der Waals surface area contributed by atoms with Crippen LogP contribution in [0, 0.1) is 0 Å². The summed E-state index contributed by atoms with van der Waals surface area (Å²) in [6, 6.07) is 5.61. The third-order valence-corrected chi connectivity index (χ3v) is 5.30. The van der Waals surface area contributed by atoms with Gasteiger partial charge in [-0.15, -0.1) is 0 Å². The molecule has 1 heterocycles. The van der Waals surface area contributed by atoms with Gasteiger partial charge in [-0.3, -0.25) is 4.79 Å². The maximum absolute atomic E-state index is 11.4. The van der Waals surface area contributed by atoms with Gasteiger partial charge < -0.3 is 9.84 Å². The van der Waals surface area contributed by atoms with Crippen molar-refractivity contribution in [3.63, 3.8) is 0 Å². The van der Waals surface area contributed by atoms with Gasteiger partial charge in [-0.1, -0.05) is 40.8 Å². The Morgan fingerprint density at radius 1 is 1.29 bits per heavy atom. The highest BCUT2D eigenvalue weighted by Crippen LogP contribution is 2.49. The lowest BCUT2D eigenvalue weighted by molar-refractivity contribution is -0.120. The molecule has 1 aliphatic rings. The monoisotopic (exact) mass is 367 g/mol. The summed E-state index contributed by atoms with van der Waals surface area (Å²) in [6.07, 6.45) is 2.90. The van der Waals surface area contributed by atoms with E-state index in [2.05, 4.69) is 15.5 Å². The van der Waals surface area contributed by atoms with E-state index in [0.29, 0.717) is 21.8 Å². The number of carbonyl (C=O) groups is 1. The summed E-state index contributed by atoms with van der Waals surface area (Å²) in [6.45, 7) is 5.15. The van der Waals surface area contributed by atoms with Crippen LogP contribution in [0.15, 0.2) is 22.7 Å². The van der Waals surface area contributed by atoms with Gasteiger partial charge in [0, 0.05) is 6.92 Å². The quantitative estimate of drug-likeness (QED) is 0.878. The van der Waals surface area contributed by atoms with Crippen LogP contribution >= 0.6 is 23.2 Å². The molecule has 0 spiro atoms. The second-order valence-corrected chi connectivity index (χ2v) is 7.61. The minimum atomic E-state index is -0.698. The second-order valence-electron chi connectivity index (χ2n) is 6.79. The Morgan fingerprint density at radius 3 is 2.54 bits per heavy atom. The Labute approximate surface area is 150 Å². The standard InChI is InChI=1S/C17H19Cl2N3O2/c1-10(23)21-16(2,3)14-20-15(24-22-14)17(7-4-8-17)11-5-6-12(18)13(19)9-11/h5-6,9H,4,7-8H2,1-3H3,(H,21,23). The molecule has 0 unspecified atom stereocenters. The molecule has 1 aromatic heterocycles. The minimum Gasteiger partial charge on any atom is -0.344 e. The summed E-state index contributed by atoms with van der Waals surface area (Å²) in [7, 11) is 0. The van der Waals surface area contributed by atoms with Crippen LogP contribution < -0.4 is 5.32 Å². The molecule has 1 aromatic carbocycles. The fourth-order valence-electron chi connectivity index (χ4n) is 3.12. The highest BCUT2D eigenvalue weighted by molar-refractivity contribution is 6.42. The molecule has 0 bridgehead atoms. The Balaban J connectivity index is 1.97. The predicted octanol–water partition coefficient (Wildman–Crippen LogP) is 4.22. The second kappa shape index (κ2) is 6.05. The lowest BCUT2D eigenvalue weighted by atomic mass is 9.64. The topological polar surface area (TPSA) is 68.0 Å². The van der Waals surface area contributed by atoms with E-state index in [0.717, 1.165) is 24.8 Å². The first-order valence-electron chi connectivity index (χ1n) is 7.83. The molecule has 5 nitrogen and oxygen atoms in total. The number of hydrogen-bond donors (Lipinski definition) is 1. The average molecular weight is 368 g/mol. The van der Waals surface area contributed by atoms with Crippen molar-refractivity contribution >= 4 is 29.1 Å². The van der Waals surface area contributed by atoms with E-state index in [1.165, 1.54) is 6.92 Å². The molecule has 1 saturated carbocycles. The molecule has 1 amide bonds. The molecule has 7 heteroatoms. The van der Waals surface area contributed by atoms with Crippen LogP contribution in [0.25, 0.3) is 0 Å². The van der Waals surface area contributed by atoms with Crippen molar-refractivity contribution in [2.24, 2.45) is 0 Å². The highest BCUT2D eigenvalue weighted by Gasteiger charge is 2.46. The molecular formula is C17H19Cl2N3O2. The maximum atomic E-state index is 11.4. The third-order valence-electron chi connectivity index (χ3n) is 4.56. The number of nitrogens with one attached hydrogen (secondary N) is 1. The summed E-state index contributed by atoms with van der Waals surface area (Å²) >= 11 is 12.2. The average Bonchev–Trinajstić information content (AvgIpc) is 2.91. The van der Waals surface area contributed by atoms with E-state index in [1.807, 2.05) is 26.0 Å². The largest absolute Gasteiger partial charge is 0.344 e. The number of hydrogen-bond acceptors (Lipinski definition) is 4. The predicted molar refractivity (Wildman–Crippen MR) is 92.2 cm³/mol. The van der Waals surface area contributed by atoms with Crippen molar-refractivity contribution in [3.05, 3.63) is 45.5 Å². The molecule has 24 heavy (non-hydrogen) atoms. The zero-order valence-electron chi connectivity index (χ0n) is 13.8. The van der Waals surface area contributed by atoms with E-state index >= 15 is 0 Å². The smallest absolute Gasteiger partial charge is 0.237 e. The Hall–Kier alpha value is -1.59. The SMILES string of the molecule is CC(=O)NC(C)(C)c1noc(C2(c3ccc(Cl)c(Cl)c3)CCC2)n1. The first kappa shape index (κ1) is 17.2. The number of aromatic nitrogens is 2. The first-order chi connectivity index (χ1) is 11.2. The molecule has 1 aliphatic carbocycles. The number of carbonyl (C=O) groups excluding carboxylic acids is 1. The number of halogens is 2. The van der Waals surface area contributed by atoms with E-state index < -0.39 is 5.54 Å². The molecular weight excluding hydrogens is 349 g/mol. The van der Waals surface area contributed by atoms with Crippen molar-refractivity contribution in [2.45, 2.75) is 51.0 Å². The van der Waals surface area contributed by atoms with Gasteiger partial charge in [0.05, 0.1) is 21.0 Å². The van der Waals surface area contributed by atoms with Crippen LogP contribution in [0.3, 0.4) is 0 Å². The summed E-state index contributed by atoms with van der Waals surface area (Å²) in [5.74, 6) is 0.869. The van der Waals surface area contributed by atoms with E-state index in [9.17, 15) is 4.79 Å². The van der Waals surface area contributed by atoms with E-state index in [4.69, 9.17) is 27.7 Å². The highest BCUT2D eigenvalue weighted by atomic mass is 35.5. The normalized spacial score (nSPS) is 16.5. The fraction of sp³-hybridized carbons (Fsp3) is 0.471. The number of nitrogens with zero attached hydrogens (tertiary/aromatic N) is 2. The lowest BCUT2D eigenvalue weighted by Crippen LogP contribution is -2.41. The zero-order chi connectivity index (χ0) is 17.5. The number of amides is 1. The molecule has 0 aliphatic heterocycles. The van der Waals surface area contributed by atoms with Crippen molar-refractivity contribution in [1.29, 1.82) is 0 Å². The van der Waals surface area contributed by atoms with E-state index in [-0.39, 0.29) is 11.3 Å². The summed E-state index contributed by atoms with van der Waals surface area (Å²) in [4.78, 5) is 16.0. The third kappa shape index (κ3) is 2.91. The van der Waals surface area contributed by atoms with Gasteiger partial charge in [0.1, 0.15) is 0 Å². The molecule has 128 valence electrons. The molecule has 0 atom stereocenters. The lowest BCUT2D eigenvalue weighted by Gasteiger charge is -2.39. The van der Waals surface area contributed by atoms with Crippen molar-refractivity contribution in [1.82, 2.24) is 15.5 Å². The zero-order valence-corrected chi connectivity index (χ0v) is 15.3. The van der Waals surface area contributed by atoms with Gasteiger partial charge in [-0.2, -0.15) is 4.98 Å². The minimum absolute atomic E-state index is 0.144. The molecule has 0 saturated heterocycles. The number of rotatable bonds is 4. The molecule has 0 radical (unpaired) electrons. The van der Waals surface area contributed by atoms with Gasteiger partial charge in [0.15, 0.2) is 5.82 Å². The van der Waals surface area contributed by atoms with Gasteiger partial charge >= 0.3 is 0 Å². The van der Waals surface area contributed by atoms with Crippen LogP contribution in [0.2, 0.25) is 10.0 Å². The molecule has 2 aromatic rings. The van der Waals surface area contributed by atoms with Gasteiger partial charge in [-0.05, 0) is 44.4 Å². The van der Waals surface area contributed by atoms with Crippen molar-refractivity contribution < 1.29 is 9.32 Å². The van der Waals surface area contributed by atoms with E-state index in [1.54, 1.807) is 6.07 Å². The Bertz CT molecular complexity index is 782. The first-order valence-corrected chi connectivity index (χ1v) is 8.59. The molecule has 1 fully saturated rings. The molecule has 1 N–H and O–H groups in total. The summed E-state index contributed by atoms with van der Waals surface area (Å²) in [5, 5.41) is 7.96. The van der Waals surface area contributed by atoms with Gasteiger partial charge in [0.25, 0.3) is 0 Å². The maximum Gasteiger partial charge on any atom is 0.237 e. The van der Waals surface area contributed by atoms with Gasteiger partial charge in [-0.25, -0.2) is 0 Å². The Kier molecular flexibility index (Phi) is 4.34. The van der Waals surface area contributed by atoms with Crippen LogP contribution in [0.4, 0.5) is 0 Å². The summed E-state index contributed by atoms with van der Waals surface area (Å²) in [5.41, 5.74) is -0.00207. The fourth-order valence-corrected chi connectivity index (χ4v) is 3.42. The number of benzene rings is 1. The van der Waals surface area contributed by atoms with Crippen LogP contribution in [-0.4, -0.2) is 16.0 Å². The van der Waals surface area contributed by atoms with Crippen LogP contribution in [-0.2, 0) is 15.7 Å². The van der Waals surface area contributed by atoms with Crippen LogP contribution in [0.5, 0.6) is 0 Å². The molecule has 3 rings (SSSR count).